The molecule has 2 unspecified atom stereocenters. The second-order valence-corrected chi connectivity index (χ2v) is 5.82. The Hall–Kier alpha value is -1.28. The van der Waals surface area contributed by atoms with Crippen molar-refractivity contribution in [3.8, 4) is 0 Å². The summed E-state index contributed by atoms with van der Waals surface area (Å²) >= 11 is 0. The third-order valence-corrected chi connectivity index (χ3v) is 3.95. The van der Waals surface area contributed by atoms with E-state index in [9.17, 15) is 0 Å². The van der Waals surface area contributed by atoms with Crippen molar-refractivity contribution in [2.45, 2.75) is 52.5 Å². The van der Waals surface area contributed by atoms with Crippen molar-refractivity contribution in [3.05, 3.63) is 36.1 Å². The van der Waals surface area contributed by atoms with Crippen LogP contribution in [-0.4, -0.2) is 6.54 Å². The molecular formula is C18H27NO. The Morgan fingerprint density at radius 1 is 1.15 bits per heavy atom. The van der Waals surface area contributed by atoms with Gasteiger partial charge in [0, 0.05) is 17.0 Å². The number of rotatable bonds is 8. The number of fused-ring (bicyclic) bond motifs is 1. The van der Waals surface area contributed by atoms with E-state index in [1.54, 1.807) is 0 Å². The SMILES string of the molecule is CCCNC(CC(C)CCC)c1coc2ccccc12. The molecule has 0 amide bonds. The van der Waals surface area contributed by atoms with Crippen LogP contribution >= 0.6 is 0 Å². The number of hydrogen-bond acceptors (Lipinski definition) is 2. The Kier molecular flexibility index (Phi) is 5.66. The van der Waals surface area contributed by atoms with Gasteiger partial charge in [0.2, 0.25) is 0 Å². The fraction of sp³-hybridized carbons (Fsp3) is 0.556. The second kappa shape index (κ2) is 7.49. The van der Waals surface area contributed by atoms with Crippen LogP contribution in [0.1, 0.15) is 58.1 Å². The molecule has 20 heavy (non-hydrogen) atoms. The highest BCUT2D eigenvalue weighted by atomic mass is 16.3. The predicted molar refractivity (Wildman–Crippen MR) is 85.9 cm³/mol. The Morgan fingerprint density at radius 3 is 2.70 bits per heavy atom. The largest absolute Gasteiger partial charge is 0.464 e. The maximum Gasteiger partial charge on any atom is 0.134 e. The first-order valence-electron chi connectivity index (χ1n) is 7.95. The van der Waals surface area contributed by atoms with Gasteiger partial charge in [-0.3, -0.25) is 0 Å². The molecular weight excluding hydrogens is 246 g/mol. The average molecular weight is 273 g/mol. The van der Waals surface area contributed by atoms with Crippen molar-refractivity contribution in [1.29, 1.82) is 0 Å². The van der Waals surface area contributed by atoms with Crippen LogP contribution in [0.3, 0.4) is 0 Å². The maximum absolute atomic E-state index is 5.71. The van der Waals surface area contributed by atoms with Gasteiger partial charge in [-0.25, -0.2) is 0 Å². The Labute approximate surface area is 122 Å². The number of para-hydroxylation sites is 1. The molecule has 1 N–H and O–H groups in total. The van der Waals surface area contributed by atoms with Crippen molar-refractivity contribution in [3.63, 3.8) is 0 Å². The van der Waals surface area contributed by atoms with E-state index < -0.39 is 0 Å². The molecule has 0 saturated heterocycles. The zero-order valence-corrected chi connectivity index (χ0v) is 13.0. The fourth-order valence-electron chi connectivity index (χ4n) is 2.92. The minimum Gasteiger partial charge on any atom is -0.464 e. The van der Waals surface area contributed by atoms with Gasteiger partial charge in [-0.1, -0.05) is 51.8 Å². The zero-order chi connectivity index (χ0) is 14.4. The number of benzene rings is 1. The Balaban J connectivity index is 2.20. The second-order valence-electron chi connectivity index (χ2n) is 5.82. The van der Waals surface area contributed by atoms with Crippen LogP contribution in [0, 0.1) is 5.92 Å². The molecule has 1 aromatic carbocycles. The summed E-state index contributed by atoms with van der Waals surface area (Å²) in [7, 11) is 0. The van der Waals surface area contributed by atoms with Gasteiger partial charge in [0.15, 0.2) is 0 Å². The molecule has 110 valence electrons. The molecule has 2 nitrogen and oxygen atoms in total. The lowest BCUT2D eigenvalue weighted by Crippen LogP contribution is -2.23. The average Bonchev–Trinajstić information content (AvgIpc) is 2.87. The summed E-state index contributed by atoms with van der Waals surface area (Å²) in [5.41, 5.74) is 2.31. The molecule has 1 aromatic heterocycles. The summed E-state index contributed by atoms with van der Waals surface area (Å²) in [5.74, 6) is 0.739. The first-order chi connectivity index (χ1) is 9.76. The lowest BCUT2D eigenvalue weighted by atomic mass is 9.92. The summed E-state index contributed by atoms with van der Waals surface area (Å²) in [6.07, 6.45) is 6.83. The van der Waals surface area contributed by atoms with Gasteiger partial charge in [0.1, 0.15) is 5.58 Å². The van der Waals surface area contributed by atoms with Crippen molar-refractivity contribution >= 4 is 11.0 Å². The maximum atomic E-state index is 5.71. The van der Waals surface area contributed by atoms with Crippen molar-refractivity contribution < 1.29 is 4.42 Å². The Morgan fingerprint density at radius 2 is 1.95 bits per heavy atom. The van der Waals surface area contributed by atoms with Crippen LogP contribution in [-0.2, 0) is 0 Å². The van der Waals surface area contributed by atoms with Gasteiger partial charge in [0.25, 0.3) is 0 Å². The molecule has 0 bridgehead atoms. The van der Waals surface area contributed by atoms with E-state index in [4.69, 9.17) is 4.42 Å². The van der Waals surface area contributed by atoms with Crippen LogP contribution in [0.25, 0.3) is 11.0 Å². The van der Waals surface area contributed by atoms with Crippen LogP contribution in [0.4, 0.5) is 0 Å². The van der Waals surface area contributed by atoms with E-state index in [0.717, 1.165) is 24.5 Å². The van der Waals surface area contributed by atoms with E-state index in [1.165, 1.54) is 30.2 Å². The topological polar surface area (TPSA) is 25.2 Å². The molecule has 0 aliphatic rings. The third kappa shape index (κ3) is 3.63. The van der Waals surface area contributed by atoms with Gasteiger partial charge >= 0.3 is 0 Å². The monoisotopic (exact) mass is 273 g/mol. The minimum atomic E-state index is 0.403. The molecule has 0 radical (unpaired) electrons. The first-order valence-corrected chi connectivity index (χ1v) is 7.95. The first kappa shape index (κ1) is 15.1. The standard InChI is InChI=1S/C18H27NO/c1-4-8-14(3)12-17(19-11-5-2)16-13-20-18-10-7-6-9-15(16)18/h6-7,9-10,13-14,17,19H,4-5,8,11-12H2,1-3H3. The summed E-state index contributed by atoms with van der Waals surface area (Å²) in [6, 6.07) is 8.74. The molecule has 0 fully saturated rings. The Bertz CT molecular complexity index is 517. The van der Waals surface area contributed by atoms with Crippen molar-refractivity contribution in [2.24, 2.45) is 5.92 Å². The number of furan rings is 1. The molecule has 2 rings (SSSR count). The highest BCUT2D eigenvalue weighted by Gasteiger charge is 2.18. The molecule has 2 aromatic rings. The molecule has 1 heterocycles. The van der Waals surface area contributed by atoms with E-state index in [-0.39, 0.29) is 0 Å². The van der Waals surface area contributed by atoms with E-state index in [2.05, 4.69) is 38.2 Å². The van der Waals surface area contributed by atoms with Gasteiger partial charge in [-0.2, -0.15) is 0 Å². The molecule has 0 saturated carbocycles. The third-order valence-electron chi connectivity index (χ3n) is 3.95. The lowest BCUT2D eigenvalue weighted by molar-refractivity contribution is 0.389. The summed E-state index contributed by atoms with van der Waals surface area (Å²) in [5, 5.41) is 4.95. The lowest BCUT2D eigenvalue weighted by Gasteiger charge is -2.21. The quantitative estimate of drug-likeness (QED) is 0.706. The molecule has 0 aliphatic heterocycles. The zero-order valence-electron chi connectivity index (χ0n) is 13.0. The molecule has 0 spiro atoms. The van der Waals surface area contributed by atoms with Gasteiger partial charge < -0.3 is 9.73 Å². The van der Waals surface area contributed by atoms with Crippen molar-refractivity contribution in [2.75, 3.05) is 6.54 Å². The normalized spacial score (nSPS) is 14.6. The van der Waals surface area contributed by atoms with E-state index in [0.29, 0.717) is 6.04 Å². The molecule has 2 heteroatoms. The highest BCUT2D eigenvalue weighted by Crippen LogP contribution is 2.31. The fourth-order valence-corrected chi connectivity index (χ4v) is 2.92. The van der Waals surface area contributed by atoms with E-state index >= 15 is 0 Å². The summed E-state index contributed by atoms with van der Waals surface area (Å²) in [6.45, 7) is 7.89. The minimum absolute atomic E-state index is 0.403. The van der Waals surface area contributed by atoms with Crippen molar-refractivity contribution in [1.82, 2.24) is 5.32 Å². The van der Waals surface area contributed by atoms with E-state index in [1.807, 2.05) is 18.4 Å². The van der Waals surface area contributed by atoms with Gasteiger partial charge in [-0.05, 0) is 31.4 Å². The van der Waals surface area contributed by atoms with Gasteiger partial charge in [-0.15, -0.1) is 0 Å². The van der Waals surface area contributed by atoms with Gasteiger partial charge in [0.05, 0.1) is 6.26 Å². The molecule has 0 aliphatic carbocycles. The number of hydrogen-bond donors (Lipinski definition) is 1. The van der Waals surface area contributed by atoms with Crippen LogP contribution < -0.4 is 5.32 Å². The molecule has 2 atom stereocenters. The van der Waals surface area contributed by atoms with Crippen LogP contribution in [0.5, 0.6) is 0 Å². The van der Waals surface area contributed by atoms with Crippen LogP contribution in [0.15, 0.2) is 34.9 Å². The van der Waals surface area contributed by atoms with Crippen LogP contribution in [0.2, 0.25) is 0 Å². The summed E-state index contributed by atoms with van der Waals surface area (Å²) < 4.78 is 5.71. The smallest absolute Gasteiger partial charge is 0.134 e. The number of nitrogens with one attached hydrogen (secondary N) is 1. The highest BCUT2D eigenvalue weighted by molar-refractivity contribution is 5.81. The predicted octanol–water partition coefficient (Wildman–Crippen LogP) is 5.30. The summed E-state index contributed by atoms with van der Waals surface area (Å²) in [4.78, 5) is 0.